The molecule has 0 radical (unpaired) electrons. The van der Waals surface area contributed by atoms with Crippen molar-refractivity contribution in [2.75, 3.05) is 20.1 Å². The third-order valence-electron chi connectivity index (χ3n) is 4.31. The van der Waals surface area contributed by atoms with Gasteiger partial charge < -0.3 is 10.2 Å². The first kappa shape index (κ1) is 15.4. The van der Waals surface area contributed by atoms with E-state index in [1.807, 2.05) is 19.9 Å². The van der Waals surface area contributed by atoms with Crippen LogP contribution in [0.15, 0.2) is 18.2 Å². The summed E-state index contributed by atoms with van der Waals surface area (Å²) in [6, 6.07) is 5.33. The fraction of sp³-hybridized carbons (Fsp3) is 0.412. The molecule has 6 heteroatoms. The molecule has 2 aromatic rings. The largest absolute Gasteiger partial charge is 0.352 e. The van der Waals surface area contributed by atoms with Crippen molar-refractivity contribution in [3.8, 4) is 0 Å². The van der Waals surface area contributed by atoms with Gasteiger partial charge in [-0.3, -0.25) is 9.59 Å². The molecule has 1 fully saturated rings. The minimum absolute atomic E-state index is 0.135. The molecule has 6 nitrogen and oxygen atoms in total. The number of benzene rings is 1. The molecule has 1 unspecified atom stereocenters. The molecule has 120 valence electrons. The van der Waals surface area contributed by atoms with Gasteiger partial charge in [-0.05, 0) is 32.0 Å². The van der Waals surface area contributed by atoms with E-state index >= 15 is 0 Å². The Morgan fingerprint density at radius 1 is 1.26 bits per heavy atom. The van der Waals surface area contributed by atoms with Crippen LogP contribution in [0.4, 0.5) is 0 Å². The molecule has 0 bridgehead atoms. The Hall–Kier alpha value is -2.50. The first-order valence-corrected chi connectivity index (χ1v) is 7.71. The molecule has 0 aliphatic carbocycles. The van der Waals surface area contributed by atoms with E-state index in [2.05, 4.69) is 15.3 Å². The van der Waals surface area contributed by atoms with Gasteiger partial charge in [0.05, 0.1) is 22.4 Å². The fourth-order valence-corrected chi connectivity index (χ4v) is 2.80. The van der Waals surface area contributed by atoms with Gasteiger partial charge in [0.25, 0.3) is 5.91 Å². The number of rotatable bonds is 3. The number of likely N-dealkylation sites (tertiary alicyclic amines) is 1. The number of hydrogen-bond donors (Lipinski definition) is 1. The molecule has 0 saturated carbocycles. The maximum absolute atomic E-state index is 12.3. The van der Waals surface area contributed by atoms with E-state index in [1.165, 1.54) is 0 Å². The second-order valence-corrected chi connectivity index (χ2v) is 6.15. The zero-order valence-electron chi connectivity index (χ0n) is 13.6. The second-order valence-electron chi connectivity index (χ2n) is 6.15. The molecule has 1 N–H and O–H groups in total. The topological polar surface area (TPSA) is 75.2 Å². The maximum atomic E-state index is 12.3. The Balaban J connectivity index is 1.71. The van der Waals surface area contributed by atoms with E-state index in [4.69, 9.17) is 0 Å². The number of carbonyl (C=O) groups is 2. The van der Waals surface area contributed by atoms with Crippen molar-refractivity contribution in [2.45, 2.75) is 20.3 Å². The number of carbonyl (C=O) groups excluding carboxylic acids is 2. The summed E-state index contributed by atoms with van der Waals surface area (Å²) in [7, 11) is 1.79. The lowest BCUT2D eigenvalue weighted by Gasteiger charge is -2.11. The normalized spacial score (nSPS) is 17.8. The van der Waals surface area contributed by atoms with Crippen LogP contribution in [-0.4, -0.2) is 46.8 Å². The summed E-state index contributed by atoms with van der Waals surface area (Å²) in [6.07, 6.45) is 0.498. The number of amides is 2. The van der Waals surface area contributed by atoms with E-state index in [0.29, 0.717) is 25.1 Å². The van der Waals surface area contributed by atoms with Gasteiger partial charge in [0.1, 0.15) is 0 Å². The average molecular weight is 312 g/mol. The van der Waals surface area contributed by atoms with Gasteiger partial charge in [0, 0.05) is 38.0 Å². The van der Waals surface area contributed by atoms with Crippen LogP contribution in [0.3, 0.4) is 0 Å². The first-order chi connectivity index (χ1) is 10.9. The van der Waals surface area contributed by atoms with Crippen LogP contribution in [0.25, 0.3) is 11.0 Å². The van der Waals surface area contributed by atoms with Gasteiger partial charge in [-0.15, -0.1) is 0 Å². The first-order valence-electron chi connectivity index (χ1n) is 7.71. The Kier molecular flexibility index (Phi) is 3.98. The lowest BCUT2D eigenvalue weighted by atomic mass is 10.1. The van der Waals surface area contributed by atoms with Crippen LogP contribution in [0.5, 0.6) is 0 Å². The fourth-order valence-electron chi connectivity index (χ4n) is 2.80. The summed E-state index contributed by atoms with van der Waals surface area (Å²) in [5.74, 6) is 0.173. The molecule has 3 rings (SSSR count). The van der Waals surface area contributed by atoms with Crippen molar-refractivity contribution < 1.29 is 9.59 Å². The van der Waals surface area contributed by atoms with Crippen molar-refractivity contribution in [2.24, 2.45) is 5.92 Å². The molecule has 2 heterocycles. The summed E-state index contributed by atoms with van der Waals surface area (Å²) in [6.45, 7) is 5.02. The van der Waals surface area contributed by atoms with Crippen molar-refractivity contribution in [3.63, 3.8) is 0 Å². The highest BCUT2D eigenvalue weighted by Crippen LogP contribution is 2.16. The molecule has 1 aliphatic rings. The Morgan fingerprint density at radius 2 is 1.96 bits per heavy atom. The molecule has 1 aromatic carbocycles. The number of fused-ring (bicyclic) bond motifs is 1. The minimum Gasteiger partial charge on any atom is -0.352 e. The zero-order chi connectivity index (χ0) is 16.6. The van der Waals surface area contributed by atoms with E-state index < -0.39 is 0 Å². The quantitative estimate of drug-likeness (QED) is 0.931. The van der Waals surface area contributed by atoms with Crippen molar-refractivity contribution in [1.29, 1.82) is 0 Å². The van der Waals surface area contributed by atoms with Crippen LogP contribution in [0.2, 0.25) is 0 Å². The highest BCUT2D eigenvalue weighted by Gasteiger charge is 2.26. The molecular weight excluding hydrogens is 292 g/mol. The van der Waals surface area contributed by atoms with Crippen LogP contribution in [0, 0.1) is 19.8 Å². The third kappa shape index (κ3) is 3.16. The van der Waals surface area contributed by atoms with Gasteiger partial charge in [-0.2, -0.15) is 0 Å². The molecule has 1 saturated heterocycles. The van der Waals surface area contributed by atoms with Crippen LogP contribution >= 0.6 is 0 Å². The van der Waals surface area contributed by atoms with Crippen LogP contribution in [0.1, 0.15) is 28.2 Å². The highest BCUT2D eigenvalue weighted by molar-refractivity contribution is 5.97. The molecule has 1 atom stereocenters. The number of aromatic nitrogens is 2. The smallest absolute Gasteiger partial charge is 0.251 e. The van der Waals surface area contributed by atoms with Crippen LogP contribution < -0.4 is 5.32 Å². The number of aryl methyl sites for hydroxylation is 2. The van der Waals surface area contributed by atoms with E-state index in [-0.39, 0.29) is 17.7 Å². The van der Waals surface area contributed by atoms with Crippen molar-refractivity contribution in [1.82, 2.24) is 20.2 Å². The highest BCUT2D eigenvalue weighted by atomic mass is 16.2. The molecule has 1 aromatic heterocycles. The summed E-state index contributed by atoms with van der Waals surface area (Å²) in [5, 5.41) is 2.91. The zero-order valence-corrected chi connectivity index (χ0v) is 13.6. The van der Waals surface area contributed by atoms with Gasteiger partial charge >= 0.3 is 0 Å². The lowest BCUT2D eigenvalue weighted by molar-refractivity contribution is -0.126. The maximum Gasteiger partial charge on any atom is 0.251 e. The van der Waals surface area contributed by atoms with E-state index in [9.17, 15) is 9.59 Å². The number of nitrogens with one attached hydrogen (secondary N) is 1. The molecule has 23 heavy (non-hydrogen) atoms. The third-order valence-corrected chi connectivity index (χ3v) is 4.31. The molecule has 2 amide bonds. The van der Waals surface area contributed by atoms with Gasteiger partial charge in [0.15, 0.2) is 0 Å². The SMILES string of the molecule is Cc1nc2ccc(C(=O)NCC3CC(=O)N(C)C3)cc2nc1C. The second kappa shape index (κ2) is 5.95. The number of nitrogens with zero attached hydrogens (tertiary/aromatic N) is 3. The van der Waals surface area contributed by atoms with Crippen LogP contribution in [-0.2, 0) is 4.79 Å². The van der Waals surface area contributed by atoms with Crippen molar-refractivity contribution >= 4 is 22.8 Å². The monoisotopic (exact) mass is 312 g/mol. The van der Waals surface area contributed by atoms with Gasteiger partial charge in [-0.1, -0.05) is 0 Å². The summed E-state index contributed by atoms with van der Waals surface area (Å²) >= 11 is 0. The predicted molar refractivity (Wildman–Crippen MR) is 87.1 cm³/mol. The number of hydrogen-bond acceptors (Lipinski definition) is 4. The summed E-state index contributed by atoms with van der Waals surface area (Å²) in [4.78, 5) is 34.5. The van der Waals surface area contributed by atoms with Gasteiger partial charge in [-0.25, -0.2) is 9.97 Å². The van der Waals surface area contributed by atoms with E-state index in [1.54, 1.807) is 24.1 Å². The minimum atomic E-state index is -0.145. The van der Waals surface area contributed by atoms with Crippen molar-refractivity contribution in [3.05, 3.63) is 35.2 Å². The lowest BCUT2D eigenvalue weighted by Crippen LogP contribution is -2.30. The van der Waals surface area contributed by atoms with Gasteiger partial charge in [0.2, 0.25) is 5.91 Å². The standard InChI is InChI=1S/C17H20N4O2/c1-10-11(2)20-15-7-13(4-5-14(15)19-10)17(23)18-8-12-6-16(22)21(3)9-12/h4-5,7,12H,6,8-9H2,1-3H3,(H,18,23). The summed E-state index contributed by atoms with van der Waals surface area (Å²) < 4.78 is 0. The Labute approximate surface area is 134 Å². The average Bonchev–Trinajstić information content (AvgIpc) is 2.84. The predicted octanol–water partition coefficient (Wildman–Crippen LogP) is 1.45. The summed E-state index contributed by atoms with van der Waals surface area (Å²) in [5.41, 5.74) is 3.82. The molecular formula is C17H20N4O2. The Bertz CT molecular complexity index is 788. The van der Waals surface area contributed by atoms with E-state index in [0.717, 1.165) is 22.4 Å². The molecule has 1 aliphatic heterocycles. The molecule has 0 spiro atoms. The Morgan fingerprint density at radius 3 is 2.61 bits per heavy atom.